The zero-order valence-corrected chi connectivity index (χ0v) is 12.2. The maximum atomic E-state index is 11.1. The Morgan fingerprint density at radius 2 is 2.25 bits per heavy atom. The molecule has 0 aromatic carbocycles. The first kappa shape index (κ1) is 14.7. The number of nitrogens with one attached hydrogen (secondary N) is 1. The first-order valence-electron chi connectivity index (χ1n) is 6.85. The Morgan fingerprint density at radius 1 is 1.50 bits per heavy atom. The van der Waals surface area contributed by atoms with E-state index in [-0.39, 0.29) is 17.2 Å². The van der Waals surface area contributed by atoms with Gasteiger partial charge in [-0.25, -0.2) is 4.98 Å². The smallest absolute Gasteiger partial charge is 0.268 e. The van der Waals surface area contributed by atoms with Crippen molar-refractivity contribution in [3.05, 3.63) is 18.1 Å². The van der Waals surface area contributed by atoms with Crippen molar-refractivity contribution >= 4 is 11.7 Å². The molecule has 1 aromatic rings. The fraction of sp³-hybridized carbons (Fsp3) is 0.643. The van der Waals surface area contributed by atoms with Gasteiger partial charge < -0.3 is 15.8 Å². The molecule has 0 spiro atoms. The number of carbonyl (C=O) groups excluding carboxylic acids is 1. The van der Waals surface area contributed by atoms with E-state index in [1.54, 1.807) is 6.20 Å². The average Bonchev–Trinajstić information content (AvgIpc) is 2.85. The average molecular weight is 278 g/mol. The number of nitrogens with two attached hydrogens (primary N) is 1. The predicted molar refractivity (Wildman–Crippen MR) is 76.3 cm³/mol. The number of ether oxygens (including phenoxy) is 1. The van der Waals surface area contributed by atoms with Gasteiger partial charge in [-0.1, -0.05) is 20.8 Å². The summed E-state index contributed by atoms with van der Waals surface area (Å²) in [6, 6.07) is 0. The van der Waals surface area contributed by atoms with Crippen molar-refractivity contribution in [3.63, 3.8) is 0 Å². The zero-order chi connectivity index (χ0) is 14.8. The molecule has 1 fully saturated rings. The van der Waals surface area contributed by atoms with E-state index in [0.717, 1.165) is 19.6 Å². The molecule has 1 saturated heterocycles. The normalized spacial score (nSPS) is 22.8. The van der Waals surface area contributed by atoms with Gasteiger partial charge in [0.2, 0.25) is 0 Å². The van der Waals surface area contributed by atoms with E-state index in [1.165, 1.54) is 6.20 Å². The van der Waals surface area contributed by atoms with Crippen molar-refractivity contribution in [3.8, 4) is 0 Å². The van der Waals surface area contributed by atoms with Gasteiger partial charge in [-0.2, -0.15) is 0 Å². The molecule has 3 N–H and O–H groups in total. The van der Waals surface area contributed by atoms with Crippen LogP contribution in [0.4, 0.5) is 5.82 Å². The van der Waals surface area contributed by atoms with Crippen molar-refractivity contribution in [1.29, 1.82) is 0 Å². The molecule has 1 aromatic heterocycles. The van der Waals surface area contributed by atoms with Crippen LogP contribution >= 0.6 is 0 Å². The molecule has 1 aliphatic rings. The zero-order valence-electron chi connectivity index (χ0n) is 12.2. The largest absolute Gasteiger partial charge is 0.377 e. The minimum absolute atomic E-state index is 0.115. The van der Waals surface area contributed by atoms with Crippen molar-refractivity contribution in [2.24, 2.45) is 17.1 Å². The van der Waals surface area contributed by atoms with Crippen LogP contribution in [0, 0.1) is 11.3 Å². The van der Waals surface area contributed by atoms with E-state index in [9.17, 15) is 4.79 Å². The SMILES string of the molecule is CC(C)(C)[C@H]1OCC[C@@H]1CNc1cncc(C(N)=O)n1. The minimum Gasteiger partial charge on any atom is -0.377 e. The third-order valence-electron chi connectivity index (χ3n) is 3.50. The van der Waals surface area contributed by atoms with E-state index in [4.69, 9.17) is 10.5 Å². The lowest BCUT2D eigenvalue weighted by Crippen LogP contribution is -2.34. The van der Waals surface area contributed by atoms with Crippen LogP contribution < -0.4 is 11.1 Å². The van der Waals surface area contributed by atoms with Crippen molar-refractivity contribution in [1.82, 2.24) is 9.97 Å². The predicted octanol–water partition coefficient (Wildman–Crippen LogP) is 1.44. The van der Waals surface area contributed by atoms with Gasteiger partial charge in [0.1, 0.15) is 11.5 Å². The summed E-state index contributed by atoms with van der Waals surface area (Å²) in [5.74, 6) is 0.424. The van der Waals surface area contributed by atoms with Crippen LogP contribution in [0.2, 0.25) is 0 Å². The van der Waals surface area contributed by atoms with Crippen LogP contribution in [0.1, 0.15) is 37.7 Å². The fourth-order valence-corrected chi connectivity index (χ4v) is 2.61. The molecule has 1 aliphatic heterocycles. The molecule has 2 atom stereocenters. The van der Waals surface area contributed by atoms with Crippen molar-refractivity contribution in [2.75, 3.05) is 18.5 Å². The van der Waals surface area contributed by atoms with Gasteiger partial charge in [0.15, 0.2) is 0 Å². The van der Waals surface area contributed by atoms with Crippen LogP contribution in [-0.4, -0.2) is 35.1 Å². The van der Waals surface area contributed by atoms with Crippen LogP contribution in [0.3, 0.4) is 0 Å². The summed E-state index contributed by atoms with van der Waals surface area (Å²) in [5.41, 5.74) is 5.48. The van der Waals surface area contributed by atoms with Gasteiger partial charge in [-0.15, -0.1) is 0 Å². The van der Waals surface area contributed by atoms with Gasteiger partial charge in [0.25, 0.3) is 5.91 Å². The first-order chi connectivity index (χ1) is 9.38. The van der Waals surface area contributed by atoms with Crippen LogP contribution in [0.5, 0.6) is 0 Å². The number of carbonyl (C=O) groups is 1. The summed E-state index contributed by atoms with van der Waals surface area (Å²) in [4.78, 5) is 19.2. The molecule has 110 valence electrons. The van der Waals surface area contributed by atoms with E-state index < -0.39 is 5.91 Å². The standard InChI is InChI=1S/C14H22N4O2/c1-14(2,3)12-9(4-5-20-12)6-17-11-8-16-7-10(18-11)13(15)19/h7-9,12H,4-6H2,1-3H3,(H2,15,19)(H,17,18)/t9-,12+/m1/s1. The van der Waals surface area contributed by atoms with E-state index in [2.05, 4.69) is 36.1 Å². The molecule has 0 unspecified atom stereocenters. The molecule has 0 saturated carbocycles. The lowest BCUT2D eigenvalue weighted by molar-refractivity contribution is 0.00956. The van der Waals surface area contributed by atoms with Gasteiger partial charge in [0.05, 0.1) is 18.5 Å². The van der Waals surface area contributed by atoms with Gasteiger partial charge in [0, 0.05) is 19.1 Å². The van der Waals surface area contributed by atoms with Crippen LogP contribution in [0.25, 0.3) is 0 Å². The number of anilines is 1. The summed E-state index contributed by atoms with van der Waals surface area (Å²) in [5, 5.41) is 3.22. The Kier molecular flexibility index (Phi) is 4.23. The highest BCUT2D eigenvalue weighted by Crippen LogP contribution is 2.34. The third kappa shape index (κ3) is 3.45. The fourth-order valence-electron chi connectivity index (χ4n) is 2.61. The second-order valence-corrected chi connectivity index (χ2v) is 6.24. The topological polar surface area (TPSA) is 90.1 Å². The Balaban J connectivity index is 1.98. The molecule has 6 heteroatoms. The first-order valence-corrected chi connectivity index (χ1v) is 6.85. The van der Waals surface area contributed by atoms with Crippen molar-refractivity contribution in [2.45, 2.75) is 33.3 Å². The number of primary amides is 1. The third-order valence-corrected chi connectivity index (χ3v) is 3.50. The summed E-state index contributed by atoms with van der Waals surface area (Å²) in [7, 11) is 0. The molecule has 2 rings (SSSR count). The molecule has 0 radical (unpaired) electrons. The molecule has 0 bridgehead atoms. The Bertz CT molecular complexity index is 484. The quantitative estimate of drug-likeness (QED) is 0.869. The molecule has 6 nitrogen and oxygen atoms in total. The van der Waals surface area contributed by atoms with Gasteiger partial charge >= 0.3 is 0 Å². The monoisotopic (exact) mass is 278 g/mol. The van der Waals surface area contributed by atoms with E-state index in [0.29, 0.717) is 11.7 Å². The van der Waals surface area contributed by atoms with Crippen LogP contribution in [-0.2, 0) is 4.74 Å². The number of amides is 1. The minimum atomic E-state index is -0.571. The number of rotatable bonds is 4. The maximum Gasteiger partial charge on any atom is 0.268 e. The number of hydrogen-bond acceptors (Lipinski definition) is 5. The lowest BCUT2D eigenvalue weighted by Gasteiger charge is -2.31. The molecule has 1 amide bonds. The second-order valence-electron chi connectivity index (χ2n) is 6.24. The van der Waals surface area contributed by atoms with Gasteiger partial charge in [-0.05, 0) is 11.8 Å². The highest BCUT2D eigenvalue weighted by molar-refractivity contribution is 5.90. The van der Waals surface area contributed by atoms with E-state index in [1.807, 2.05) is 0 Å². The lowest BCUT2D eigenvalue weighted by atomic mass is 9.81. The highest BCUT2D eigenvalue weighted by atomic mass is 16.5. The Labute approximate surface area is 119 Å². The molecular formula is C14H22N4O2. The summed E-state index contributed by atoms with van der Waals surface area (Å²) in [6.45, 7) is 8.09. The summed E-state index contributed by atoms with van der Waals surface area (Å²) < 4.78 is 5.83. The molecule has 20 heavy (non-hydrogen) atoms. The Hall–Kier alpha value is -1.69. The van der Waals surface area contributed by atoms with E-state index >= 15 is 0 Å². The molecule has 2 heterocycles. The Morgan fingerprint density at radius 3 is 2.90 bits per heavy atom. The number of nitrogens with zero attached hydrogens (tertiary/aromatic N) is 2. The highest BCUT2D eigenvalue weighted by Gasteiger charge is 2.36. The van der Waals surface area contributed by atoms with Crippen molar-refractivity contribution < 1.29 is 9.53 Å². The van der Waals surface area contributed by atoms with Crippen LogP contribution in [0.15, 0.2) is 12.4 Å². The summed E-state index contributed by atoms with van der Waals surface area (Å²) in [6.07, 6.45) is 4.21. The number of aromatic nitrogens is 2. The molecule has 0 aliphatic carbocycles. The maximum absolute atomic E-state index is 11.1. The summed E-state index contributed by atoms with van der Waals surface area (Å²) >= 11 is 0. The van der Waals surface area contributed by atoms with Gasteiger partial charge in [-0.3, -0.25) is 9.78 Å². The molecular weight excluding hydrogens is 256 g/mol. The number of hydrogen-bond donors (Lipinski definition) is 2. The second kappa shape index (κ2) is 5.75.